The topological polar surface area (TPSA) is 264 Å². The van der Waals surface area contributed by atoms with Crippen molar-refractivity contribution in [2.75, 3.05) is 13.1 Å². The van der Waals surface area contributed by atoms with Crippen molar-refractivity contribution in [3.05, 3.63) is 0 Å². The summed E-state index contributed by atoms with van der Waals surface area (Å²) in [5.41, 5.74) is 11.9. The van der Waals surface area contributed by atoms with E-state index < -0.39 is 41.8 Å². The van der Waals surface area contributed by atoms with Gasteiger partial charge in [0.25, 0.3) is 29.8 Å². The number of carbonyl (C=O) groups excluding carboxylic acids is 2. The number of nitrogens with one attached hydrogen (secondary N) is 5. The predicted octanol–water partition coefficient (Wildman–Crippen LogP) is -0.799. The van der Waals surface area contributed by atoms with Gasteiger partial charge < -0.3 is 25.5 Å². The second-order valence-corrected chi connectivity index (χ2v) is 6.93. The van der Waals surface area contributed by atoms with Crippen LogP contribution >= 0.6 is 0 Å². The van der Waals surface area contributed by atoms with Crippen LogP contribution < -0.4 is 27.2 Å². The van der Waals surface area contributed by atoms with Gasteiger partial charge in [-0.3, -0.25) is 34.1 Å². The van der Waals surface area contributed by atoms with E-state index in [0.29, 0.717) is 0 Å². The Hall–Kier alpha value is -3.18. The monoisotopic (exact) mass is 527 g/mol. The number of amides is 2. The lowest BCUT2D eigenvalue weighted by molar-refractivity contribution is -0.135. The molecule has 16 nitrogen and oxygen atoms in total. The van der Waals surface area contributed by atoms with Crippen LogP contribution in [0.15, 0.2) is 0 Å². The number of hydrazine groups is 3. The van der Waals surface area contributed by atoms with Gasteiger partial charge in [0.2, 0.25) is 5.91 Å². The number of aliphatic carboxylic acids is 4. The van der Waals surface area contributed by atoms with Gasteiger partial charge in [0, 0.05) is 40.8 Å². The minimum atomic E-state index is -1.11. The molecule has 0 aromatic heterocycles. The van der Waals surface area contributed by atoms with Crippen molar-refractivity contribution in [2.45, 2.75) is 78.7 Å². The van der Waals surface area contributed by atoms with Crippen LogP contribution in [0.3, 0.4) is 0 Å². The molecule has 1 unspecified atom stereocenters. The molecule has 2 aliphatic heterocycles. The Morgan fingerprint density at radius 1 is 0.639 bits per heavy atom. The lowest BCUT2D eigenvalue weighted by atomic mass is 10.1. The first kappa shape index (κ1) is 40.0. The summed E-state index contributed by atoms with van der Waals surface area (Å²) in [4.78, 5) is 56.4. The smallest absolute Gasteiger partial charge is 0.300 e. The summed E-state index contributed by atoms with van der Waals surface area (Å²) in [6, 6.07) is 0. The zero-order chi connectivity index (χ0) is 28.9. The minimum Gasteiger partial charge on any atom is -0.481 e. The average molecular weight is 528 g/mol. The van der Waals surface area contributed by atoms with Gasteiger partial charge in [-0.25, -0.2) is 10.9 Å². The first-order chi connectivity index (χ1) is 16.6. The van der Waals surface area contributed by atoms with Crippen LogP contribution in [0, 0.1) is 0 Å². The van der Waals surface area contributed by atoms with E-state index in [1.807, 2.05) is 5.32 Å². The largest absolute Gasteiger partial charge is 0.481 e. The van der Waals surface area contributed by atoms with Crippen LogP contribution in [0.4, 0.5) is 0 Å². The number of carboxylic acid groups (broad SMARTS) is 4. The maximum Gasteiger partial charge on any atom is 0.300 e. The van der Waals surface area contributed by atoms with Gasteiger partial charge >= 0.3 is 0 Å². The first-order valence-electron chi connectivity index (χ1n) is 10.9. The highest BCUT2D eigenvalue weighted by Crippen LogP contribution is 2.04. The summed E-state index contributed by atoms with van der Waals surface area (Å²) in [7, 11) is 0. The molecule has 2 aliphatic rings. The fourth-order valence-electron chi connectivity index (χ4n) is 1.89. The number of carboxylic acids is 4. The fraction of sp³-hybridized carbons (Fsp3) is 0.700. The van der Waals surface area contributed by atoms with Crippen LogP contribution in [0.2, 0.25) is 0 Å². The van der Waals surface area contributed by atoms with Crippen molar-refractivity contribution in [3.63, 3.8) is 0 Å². The van der Waals surface area contributed by atoms with Gasteiger partial charge in [-0.15, -0.1) is 0 Å². The zero-order valence-corrected chi connectivity index (χ0v) is 21.1. The number of aliphatic hydroxyl groups is 1. The highest BCUT2D eigenvalue weighted by atomic mass is 16.4. The van der Waals surface area contributed by atoms with E-state index in [9.17, 15) is 9.59 Å². The van der Waals surface area contributed by atoms with Gasteiger partial charge in [-0.1, -0.05) is 25.7 Å². The third-order valence-corrected chi connectivity index (χ3v) is 3.04. The summed E-state index contributed by atoms with van der Waals surface area (Å²) in [6.45, 7) is 6.41. The first-order valence-corrected chi connectivity index (χ1v) is 10.9. The highest BCUT2D eigenvalue weighted by molar-refractivity contribution is 6.04. The molecule has 1 atom stereocenters. The van der Waals surface area contributed by atoms with Crippen LogP contribution in [0.5, 0.6) is 0 Å². The number of aliphatic hydroxyl groups excluding tert-OH is 1. The van der Waals surface area contributed by atoms with Gasteiger partial charge in [0.15, 0.2) is 0 Å². The van der Waals surface area contributed by atoms with Crippen LogP contribution in [0.25, 0.3) is 0 Å². The number of hydrogen-bond donors (Lipinski definition) is 10. The van der Waals surface area contributed by atoms with Crippen molar-refractivity contribution in [1.29, 1.82) is 0 Å². The lowest BCUT2D eigenvalue weighted by Gasteiger charge is -2.11. The molecule has 2 heterocycles. The van der Waals surface area contributed by atoms with E-state index in [1.54, 1.807) is 0 Å². The highest BCUT2D eigenvalue weighted by Gasteiger charge is 2.27. The molecular formula is C20H41N5O11. The Balaban J connectivity index is -0.000000186. The predicted molar refractivity (Wildman–Crippen MR) is 127 cm³/mol. The van der Waals surface area contributed by atoms with E-state index in [4.69, 9.17) is 44.7 Å². The molecule has 0 aliphatic carbocycles. The molecule has 0 spiro atoms. The van der Waals surface area contributed by atoms with Crippen molar-refractivity contribution < 1.29 is 54.3 Å². The second kappa shape index (κ2) is 29.9. The Morgan fingerprint density at radius 3 is 1.11 bits per heavy atom. The number of carbonyl (C=O) groups is 6. The molecule has 2 fully saturated rings. The van der Waals surface area contributed by atoms with Gasteiger partial charge in [0.05, 0.1) is 6.42 Å². The van der Waals surface area contributed by atoms with Crippen molar-refractivity contribution >= 4 is 35.7 Å². The molecule has 0 bridgehead atoms. The number of imide groups is 1. The van der Waals surface area contributed by atoms with E-state index in [1.165, 1.54) is 38.5 Å². The maximum atomic E-state index is 10.2. The summed E-state index contributed by atoms with van der Waals surface area (Å²) < 4.78 is 0. The molecule has 10 N–H and O–H groups in total. The van der Waals surface area contributed by atoms with Crippen molar-refractivity contribution in [3.8, 4) is 0 Å². The van der Waals surface area contributed by atoms with Crippen molar-refractivity contribution in [1.82, 2.24) is 27.2 Å². The summed E-state index contributed by atoms with van der Waals surface area (Å²) >= 11 is 0. The molecule has 16 heteroatoms. The van der Waals surface area contributed by atoms with Gasteiger partial charge in [-0.05, 0) is 12.8 Å². The van der Waals surface area contributed by atoms with Crippen LogP contribution in [0.1, 0.15) is 72.6 Å². The molecule has 212 valence electrons. The summed E-state index contributed by atoms with van der Waals surface area (Å²) in [6.07, 6.45) is 6.79. The van der Waals surface area contributed by atoms with E-state index in [0.717, 1.165) is 40.8 Å². The third kappa shape index (κ3) is 63.2. The molecule has 2 saturated heterocycles. The number of rotatable bonds is 0. The van der Waals surface area contributed by atoms with Gasteiger partial charge in [0.1, 0.15) is 6.10 Å². The Labute approximate surface area is 209 Å². The van der Waals surface area contributed by atoms with E-state index >= 15 is 0 Å². The average Bonchev–Trinajstić information content (AvgIpc) is 2.96. The van der Waals surface area contributed by atoms with E-state index in [2.05, 4.69) is 21.9 Å². The molecule has 2 amide bonds. The molecule has 0 aromatic rings. The molecule has 0 saturated carbocycles. The maximum absolute atomic E-state index is 10.2. The summed E-state index contributed by atoms with van der Waals surface area (Å²) in [5.74, 6) is -4.32. The quantitative estimate of drug-likeness (QED) is 0.173. The molecule has 0 aromatic carbocycles. The van der Waals surface area contributed by atoms with Crippen LogP contribution in [-0.2, 0) is 28.8 Å². The fourth-order valence-corrected chi connectivity index (χ4v) is 1.89. The second-order valence-electron chi connectivity index (χ2n) is 6.93. The van der Waals surface area contributed by atoms with Crippen molar-refractivity contribution in [2.24, 2.45) is 0 Å². The SMILES string of the molecule is C1CCCCNNNNCCC1.CC(=O)O.CC(=O)O.CC(=O)O.CC(=O)O.O=C1CC(O)C(=O)N1. The Morgan fingerprint density at radius 2 is 0.917 bits per heavy atom. The Kier molecular flexibility index (Phi) is 33.2. The van der Waals surface area contributed by atoms with Gasteiger partial charge in [-0.2, -0.15) is 11.1 Å². The summed E-state index contributed by atoms with van der Waals surface area (Å²) in [5, 5.41) is 40.1. The standard InChI is InChI=1S/C8H20N4.C4H5NO3.4C2H4O2/c1-2-4-6-8-10-12-11-9-7-5-3-1;6-2-1-3(7)5-4(2)8;4*1-2(3)4/h9-12H,1-8H2;2,6H,1H2,(H,5,7,8);4*1H3,(H,3,4). The van der Waals surface area contributed by atoms with Crippen LogP contribution in [-0.4, -0.2) is 80.4 Å². The zero-order valence-electron chi connectivity index (χ0n) is 21.1. The molecular weight excluding hydrogens is 486 g/mol. The molecule has 2 rings (SSSR count). The lowest BCUT2D eigenvalue weighted by Crippen LogP contribution is -2.51. The normalized spacial score (nSPS) is 17.1. The third-order valence-electron chi connectivity index (χ3n) is 3.04. The van der Waals surface area contributed by atoms with E-state index in [-0.39, 0.29) is 6.42 Å². The minimum absolute atomic E-state index is 0.0845. The molecule has 36 heavy (non-hydrogen) atoms. The Bertz CT molecular complexity index is 526. The molecule has 0 radical (unpaired) electrons. The number of hydrogen-bond acceptors (Lipinski definition) is 11.